The average molecular weight is 579 g/mol. The van der Waals surface area contributed by atoms with Crippen molar-refractivity contribution >= 4 is 29.3 Å². The third kappa shape index (κ3) is 8.55. The maximum Gasteiger partial charge on any atom is 0.305 e. The topological polar surface area (TPSA) is 92.0 Å². The summed E-state index contributed by atoms with van der Waals surface area (Å²) in [6, 6.07) is 17.9. The second-order valence-corrected chi connectivity index (χ2v) is 11.8. The van der Waals surface area contributed by atoms with E-state index in [0.717, 1.165) is 65.7 Å². The predicted octanol–water partition coefficient (Wildman–Crippen LogP) is 7.67. The van der Waals surface area contributed by atoms with Gasteiger partial charge in [0.1, 0.15) is 17.3 Å². The minimum absolute atomic E-state index is 0.0761. The first-order valence-corrected chi connectivity index (χ1v) is 15.9. The molecule has 0 saturated heterocycles. The highest BCUT2D eigenvalue weighted by molar-refractivity contribution is 7.98. The van der Waals surface area contributed by atoms with Gasteiger partial charge in [-0.2, -0.15) is 11.8 Å². The lowest BCUT2D eigenvalue weighted by atomic mass is 9.81. The third-order valence-corrected chi connectivity index (χ3v) is 8.47. The molecule has 1 amide bonds. The quantitative estimate of drug-likeness (QED) is 0.190. The number of carbonyl (C=O) groups is 2. The van der Waals surface area contributed by atoms with Crippen LogP contribution in [0.4, 0.5) is 5.69 Å². The van der Waals surface area contributed by atoms with Crippen LogP contribution in [0.5, 0.6) is 5.75 Å². The molecule has 4 rings (SSSR count). The van der Waals surface area contributed by atoms with Gasteiger partial charge in [0.2, 0.25) is 0 Å². The largest absolute Gasteiger partial charge is 0.494 e. The molecule has 0 bridgehead atoms. The van der Waals surface area contributed by atoms with Crippen molar-refractivity contribution in [3.8, 4) is 17.1 Å². The molecule has 1 fully saturated rings. The minimum atomic E-state index is -0.918. The molecule has 1 aliphatic carbocycles. The summed E-state index contributed by atoms with van der Waals surface area (Å²) in [4.78, 5) is 25.1. The first-order chi connectivity index (χ1) is 19.9. The first-order valence-electron chi connectivity index (χ1n) is 14.5. The first kappa shape index (κ1) is 30.6. The highest BCUT2D eigenvalue weighted by atomic mass is 32.2. The Hall–Kier alpha value is -3.39. The molecule has 1 atom stereocenters. The lowest BCUT2D eigenvalue weighted by molar-refractivity contribution is -0.137. The zero-order valence-corrected chi connectivity index (χ0v) is 25.2. The van der Waals surface area contributed by atoms with Gasteiger partial charge in [-0.05, 0) is 98.7 Å². The van der Waals surface area contributed by atoms with Crippen LogP contribution in [0, 0.1) is 12.8 Å². The van der Waals surface area contributed by atoms with E-state index in [1.807, 2.05) is 43.0 Å². The monoisotopic (exact) mass is 578 g/mol. The molecule has 0 radical (unpaired) electrons. The molecule has 2 aromatic carbocycles. The van der Waals surface area contributed by atoms with E-state index in [2.05, 4.69) is 29.8 Å². The molecule has 1 unspecified atom stereocenters. The van der Waals surface area contributed by atoms with E-state index < -0.39 is 5.97 Å². The molecular formula is C33H42N2O5S. The van der Waals surface area contributed by atoms with Gasteiger partial charge in [-0.15, -0.1) is 0 Å². The Bertz CT molecular complexity index is 1270. The predicted molar refractivity (Wildman–Crippen MR) is 166 cm³/mol. The fourth-order valence-electron chi connectivity index (χ4n) is 5.45. The fourth-order valence-corrected chi connectivity index (χ4v) is 5.85. The molecule has 0 aliphatic heterocycles. The van der Waals surface area contributed by atoms with Gasteiger partial charge in [-0.1, -0.05) is 19.3 Å². The van der Waals surface area contributed by atoms with E-state index in [1.54, 1.807) is 19.2 Å². The van der Waals surface area contributed by atoms with Crippen LogP contribution in [0.25, 0.3) is 11.3 Å². The number of ether oxygens (including phenoxy) is 1. The SMILES string of the molecule is CSCCCOc1ccc(-c2cc(C(Nc3ccc(C(=O)N(C)CCC(=O)O)cc3)C3CCCCC3)c(C)o2)cc1. The molecule has 7 nitrogen and oxygen atoms in total. The summed E-state index contributed by atoms with van der Waals surface area (Å²) in [6.45, 7) is 2.93. The summed E-state index contributed by atoms with van der Waals surface area (Å²) in [7, 11) is 1.63. The Labute approximate surface area is 247 Å². The number of hydrogen-bond acceptors (Lipinski definition) is 6. The Morgan fingerprint density at radius 1 is 1.10 bits per heavy atom. The van der Waals surface area contributed by atoms with Gasteiger partial charge >= 0.3 is 5.97 Å². The van der Waals surface area contributed by atoms with Crippen molar-refractivity contribution in [2.45, 2.75) is 57.9 Å². The zero-order valence-electron chi connectivity index (χ0n) is 24.4. The van der Waals surface area contributed by atoms with Crippen LogP contribution in [0.3, 0.4) is 0 Å². The zero-order chi connectivity index (χ0) is 29.2. The molecule has 3 aromatic rings. The number of amides is 1. The summed E-state index contributed by atoms with van der Waals surface area (Å²) < 4.78 is 12.2. The van der Waals surface area contributed by atoms with Crippen molar-refractivity contribution in [3.63, 3.8) is 0 Å². The van der Waals surface area contributed by atoms with Crippen molar-refractivity contribution in [2.75, 3.05) is 37.5 Å². The van der Waals surface area contributed by atoms with Crippen LogP contribution in [-0.4, -0.2) is 54.1 Å². The van der Waals surface area contributed by atoms with Gasteiger partial charge in [0.15, 0.2) is 0 Å². The molecule has 1 aromatic heterocycles. The van der Waals surface area contributed by atoms with E-state index in [9.17, 15) is 9.59 Å². The van der Waals surface area contributed by atoms with Crippen molar-refractivity contribution in [1.29, 1.82) is 0 Å². The van der Waals surface area contributed by atoms with Gasteiger partial charge in [0, 0.05) is 36.0 Å². The number of rotatable bonds is 14. The third-order valence-electron chi connectivity index (χ3n) is 7.77. The van der Waals surface area contributed by atoms with E-state index >= 15 is 0 Å². The number of carbonyl (C=O) groups excluding carboxylic acids is 1. The molecular weight excluding hydrogens is 536 g/mol. The summed E-state index contributed by atoms with van der Waals surface area (Å²) in [5.41, 5.74) is 3.66. The number of furan rings is 1. The minimum Gasteiger partial charge on any atom is -0.494 e. The normalized spacial score (nSPS) is 14.4. The number of carboxylic acids is 1. The maximum atomic E-state index is 12.7. The molecule has 1 heterocycles. The molecule has 0 spiro atoms. The Morgan fingerprint density at radius 2 is 1.80 bits per heavy atom. The van der Waals surface area contributed by atoms with E-state index in [4.69, 9.17) is 14.3 Å². The van der Waals surface area contributed by atoms with Gasteiger partial charge in [-0.25, -0.2) is 0 Å². The maximum absolute atomic E-state index is 12.7. The number of benzene rings is 2. The van der Waals surface area contributed by atoms with Gasteiger partial charge < -0.3 is 24.5 Å². The van der Waals surface area contributed by atoms with Gasteiger partial charge in [0.05, 0.1) is 19.1 Å². The number of nitrogens with zero attached hydrogens (tertiary/aromatic N) is 1. The standard InChI is InChI=1S/C33H42N2O5S/c1-23-29(22-30(40-23)24-12-16-28(17-13-24)39-20-7-21-41-3)32(25-8-5-4-6-9-25)34-27-14-10-26(11-15-27)33(38)35(2)19-18-31(36)37/h10-17,22,25,32,34H,4-9,18-21H2,1-3H3,(H,36,37). The smallest absolute Gasteiger partial charge is 0.305 e. The summed E-state index contributed by atoms with van der Waals surface area (Å²) in [6.07, 6.45) is 9.10. The molecule has 1 aliphatic rings. The Balaban J connectivity index is 1.49. The van der Waals surface area contributed by atoms with Crippen molar-refractivity contribution < 1.29 is 23.8 Å². The fraction of sp³-hybridized carbons (Fsp3) is 0.455. The van der Waals surface area contributed by atoms with Crippen LogP contribution in [0.1, 0.15) is 72.7 Å². The molecule has 8 heteroatoms. The summed E-state index contributed by atoms with van der Waals surface area (Å²) >= 11 is 1.83. The number of aryl methyl sites for hydroxylation is 1. The lowest BCUT2D eigenvalue weighted by Gasteiger charge is -2.31. The molecule has 220 valence electrons. The Morgan fingerprint density at radius 3 is 2.46 bits per heavy atom. The van der Waals surface area contributed by atoms with Crippen molar-refractivity contribution in [3.05, 3.63) is 71.5 Å². The summed E-state index contributed by atoms with van der Waals surface area (Å²) in [5.74, 6) is 3.10. The number of anilines is 1. The van der Waals surface area contributed by atoms with Crippen LogP contribution in [-0.2, 0) is 4.79 Å². The van der Waals surface area contributed by atoms with Gasteiger partial charge in [-0.3, -0.25) is 9.59 Å². The number of hydrogen-bond donors (Lipinski definition) is 2. The van der Waals surface area contributed by atoms with E-state index in [-0.39, 0.29) is 24.9 Å². The second kappa shape index (κ2) is 15.0. The van der Waals surface area contributed by atoms with Crippen LogP contribution < -0.4 is 10.1 Å². The van der Waals surface area contributed by atoms with E-state index in [0.29, 0.717) is 11.5 Å². The number of thioether (sulfide) groups is 1. The number of carboxylic acid groups (broad SMARTS) is 1. The Kier molecular flexibility index (Phi) is 11.2. The van der Waals surface area contributed by atoms with Crippen molar-refractivity contribution in [2.24, 2.45) is 5.92 Å². The highest BCUT2D eigenvalue weighted by Crippen LogP contribution is 2.40. The number of nitrogens with one attached hydrogen (secondary N) is 1. The lowest BCUT2D eigenvalue weighted by Crippen LogP contribution is -2.29. The molecule has 1 saturated carbocycles. The second-order valence-electron chi connectivity index (χ2n) is 10.8. The van der Waals surface area contributed by atoms with Crippen molar-refractivity contribution in [1.82, 2.24) is 4.90 Å². The van der Waals surface area contributed by atoms with E-state index in [1.165, 1.54) is 24.2 Å². The molecule has 2 N–H and O–H groups in total. The van der Waals surface area contributed by atoms with Gasteiger partial charge in [0.25, 0.3) is 5.91 Å². The summed E-state index contributed by atoms with van der Waals surface area (Å²) in [5, 5.41) is 12.7. The highest BCUT2D eigenvalue weighted by Gasteiger charge is 2.28. The van der Waals surface area contributed by atoms with Crippen LogP contribution in [0.2, 0.25) is 0 Å². The van der Waals surface area contributed by atoms with Crippen LogP contribution >= 0.6 is 11.8 Å². The molecule has 41 heavy (non-hydrogen) atoms. The van der Waals surface area contributed by atoms with Crippen LogP contribution in [0.15, 0.2) is 59.0 Å². The average Bonchev–Trinajstić information content (AvgIpc) is 3.38. The number of aliphatic carboxylic acids is 1.